The number of hydrogen-bond donors (Lipinski definition) is 0. The highest BCUT2D eigenvalue weighted by molar-refractivity contribution is 5.08. The zero-order valence-electron chi connectivity index (χ0n) is 17.4. The summed E-state index contributed by atoms with van der Waals surface area (Å²) < 4.78 is 15.3. The van der Waals surface area contributed by atoms with E-state index in [1.807, 2.05) is 44.2 Å². The Kier molecular flexibility index (Phi) is 8.97. The second-order valence-electron chi connectivity index (χ2n) is 7.29. The average Bonchev–Trinajstić information content (AvgIpc) is 3.28. The van der Waals surface area contributed by atoms with Gasteiger partial charge in [-0.2, -0.15) is 0 Å². The van der Waals surface area contributed by atoms with Gasteiger partial charge in [0.1, 0.15) is 23.0 Å². The minimum Gasteiger partial charge on any atom is -0.469 e. The van der Waals surface area contributed by atoms with Gasteiger partial charge in [-0.3, -0.25) is 0 Å². The third kappa shape index (κ3) is 7.77. The highest BCUT2D eigenvalue weighted by Crippen LogP contribution is 2.16. The molecule has 3 rings (SSSR count). The molecule has 0 spiro atoms. The summed E-state index contributed by atoms with van der Waals surface area (Å²) in [6, 6.07) is 9.89. The minimum atomic E-state index is 0.474. The van der Waals surface area contributed by atoms with Crippen molar-refractivity contribution in [3.8, 4) is 0 Å². The number of rotatable bonds is 3. The molecule has 0 aromatic carbocycles. The summed E-state index contributed by atoms with van der Waals surface area (Å²) in [5.41, 5.74) is 1.03. The van der Waals surface area contributed by atoms with Gasteiger partial charge in [-0.15, -0.1) is 0 Å². The van der Waals surface area contributed by atoms with Crippen molar-refractivity contribution in [2.45, 2.75) is 73.1 Å². The molecule has 0 N–H and O–H groups in total. The quantitative estimate of drug-likeness (QED) is 0.495. The van der Waals surface area contributed by atoms with Crippen LogP contribution in [-0.4, -0.2) is 5.16 Å². The topological polar surface area (TPSA) is 52.3 Å². The van der Waals surface area contributed by atoms with Crippen LogP contribution in [0.2, 0.25) is 0 Å². The molecular weight excluding hydrogens is 326 g/mol. The van der Waals surface area contributed by atoms with Gasteiger partial charge in [-0.1, -0.05) is 46.7 Å². The molecule has 0 saturated heterocycles. The summed E-state index contributed by atoms with van der Waals surface area (Å²) in [6.07, 6.45) is 1.70. The fourth-order valence-corrected chi connectivity index (χ4v) is 2.04. The van der Waals surface area contributed by atoms with E-state index < -0.39 is 0 Å². The molecule has 0 bridgehead atoms. The number of hydrogen-bond acceptors (Lipinski definition) is 4. The molecule has 0 aliphatic carbocycles. The van der Waals surface area contributed by atoms with Crippen molar-refractivity contribution in [2.24, 2.45) is 0 Å². The molecule has 0 saturated carbocycles. The van der Waals surface area contributed by atoms with E-state index in [0.29, 0.717) is 17.8 Å². The molecule has 4 nitrogen and oxygen atoms in total. The van der Waals surface area contributed by atoms with E-state index in [4.69, 9.17) is 13.4 Å². The Bertz CT molecular complexity index is 674. The van der Waals surface area contributed by atoms with Crippen molar-refractivity contribution < 1.29 is 13.4 Å². The van der Waals surface area contributed by atoms with Gasteiger partial charge in [0.25, 0.3) is 0 Å². The van der Waals surface area contributed by atoms with Gasteiger partial charge in [-0.05, 0) is 44.0 Å². The second-order valence-corrected chi connectivity index (χ2v) is 7.29. The molecule has 26 heavy (non-hydrogen) atoms. The lowest BCUT2D eigenvalue weighted by molar-refractivity contribution is 0.388. The first-order chi connectivity index (χ1) is 12.2. The second kappa shape index (κ2) is 10.7. The molecule has 0 aliphatic rings. The third-order valence-corrected chi connectivity index (χ3v) is 3.68. The summed E-state index contributed by atoms with van der Waals surface area (Å²) in [4.78, 5) is 0. The largest absolute Gasteiger partial charge is 0.469 e. The Balaban J connectivity index is 0.000000195. The van der Waals surface area contributed by atoms with Crippen molar-refractivity contribution in [3.05, 3.63) is 65.3 Å². The van der Waals surface area contributed by atoms with Gasteiger partial charge in [0.15, 0.2) is 0 Å². The van der Waals surface area contributed by atoms with Crippen LogP contribution in [0.4, 0.5) is 0 Å². The normalized spacial score (nSPS) is 10.6. The van der Waals surface area contributed by atoms with E-state index in [0.717, 1.165) is 28.7 Å². The molecule has 0 fully saturated rings. The summed E-state index contributed by atoms with van der Waals surface area (Å²) in [5, 5.41) is 3.84. The zero-order valence-corrected chi connectivity index (χ0v) is 17.4. The first-order valence-corrected chi connectivity index (χ1v) is 9.23. The molecule has 0 atom stereocenters. The Morgan fingerprint density at radius 1 is 0.769 bits per heavy atom. The number of furan rings is 2. The summed E-state index contributed by atoms with van der Waals surface area (Å²) in [7, 11) is 0. The molecule has 0 unspecified atom stereocenters. The van der Waals surface area contributed by atoms with Gasteiger partial charge in [-0.25, -0.2) is 0 Å². The van der Waals surface area contributed by atoms with Crippen LogP contribution in [0.25, 0.3) is 0 Å². The van der Waals surface area contributed by atoms with Crippen LogP contribution in [0.15, 0.2) is 50.0 Å². The smallest absolute Gasteiger partial charge is 0.133 e. The summed E-state index contributed by atoms with van der Waals surface area (Å²) in [5.74, 6) is 5.53. The van der Waals surface area contributed by atoms with E-state index in [1.54, 1.807) is 6.26 Å². The molecule has 0 amide bonds. The maximum absolute atomic E-state index is 5.34. The van der Waals surface area contributed by atoms with E-state index >= 15 is 0 Å². The molecule has 4 heteroatoms. The van der Waals surface area contributed by atoms with E-state index in [9.17, 15) is 0 Å². The van der Waals surface area contributed by atoms with Crippen LogP contribution in [0.1, 0.15) is 88.0 Å². The molecule has 0 radical (unpaired) electrons. The number of aryl methyl sites for hydroxylation is 2. The van der Waals surface area contributed by atoms with Crippen molar-refractivity contribution >= 4 is 0 Å². The van der Waals surface area contributed by atoms with Crippen LogP contribution in [-0.2, 0) is 0 Å². The third-order valence-electron chi connectivity index (χ3n) is 3.68. The molecule has 3 aromatic rings. The predicted molar refractivity (Wildman–Crippen MR) is 106 cm³/mol. The Hall–Kier alpha value is -2.23. The zero-order chi connectivity index (χ0) is 19.7. The lowest BCUT2D eigenvalue weighted by Gasteiger charge is -1.96. The van der Waals surface area contributed by atoms with E-state index in [1.165, 1.54) is 0 Å². The lowest BCUT2D eigenvalue weighted by atomic mass is 10.1. The first-order valence-electron chi connectivity index (χ1n) is 9.23. The fraction of sp³-hybridized carbons (Fsp3) is 0.500. The molecule has 144 valence electrons. The van der Waals surface area contributed by atoms with Gasteiger partial charge in [0, 0.05) is 17.9 Å². The fourth-order valence-electron chi connectivity index (χ4n) is 2.04. The minimum absolute atomic E-state index is 0.474. The first kappa shape index (κ1) is 21.8. The van der Waals surface area contributed by atoms with Gasteiger partial charge < -0.3 is 13.4 Å². The van der Waals surface area contributed by atoms with Crippen molar-refractivity contribution in [1.29, 1.82) is 0 Å². The highest BCUT2D eigenvalue weighted by Gasteiger charge is 2.03. The molecule has 3 heterocycles. The number of nitrogens with zero attached hydrogens (tertiary/aromatic N) is 1. The maximum atomic E-state index is 5.34. The van der Waals surface area contributed by atoms with Crippen molar-refractivity contribution in [3.63, 3.8) is 0 Å². The van der Waals surface area contributed by atoms with Crippen molar-refractivity contribution in [1.82, 2.24) is 5.16 Å². The predicted octanol–water partition coefficient (Wildman–Crippen LogP) is 7.22. The van der Waals surface area contributed by atoms with Crippen LogP contribution >= 0.6 is 0 Å². The highest BCUT2D eigenvalue weighted by atomic mass is 16.5. The average molecular weight is 360 g/mol. The van der Waals surface area contributed by atoms with Crippen LogP contribution in [0.3, 0.4) is 0 Å². The standard InChI is InChI=1S/C8H12O.C7H11NO.C7H10O/c1-6(2)8-5-4-7(3)9-8;1-5(2)7-4-6(3)9-8-7;1-6(2)7-4-3-5-8-7/h4-6H,1-3H3;4-5H,1-3H3;3-6H,1-2H3. The lowest BCUT2D eigenvalue weighted by Crippen LogP contribution is -1.84. The SMILES string of the molecule is CC(C)c1ccco1.Cc1cc(C(C)C)no1.Cc1ccc(C(C)C)o1. The van der Waals surface area contributed by atoms with Crippen molar-refractivity contribution in [2.75, 3.05) is 0 Å². The summed E-state index contributed by atoms with van der Waals surface area (Å²) >= 11 is 0. The van der Waals surface area contributed by atoms with Gasteiger partial charge in [0.05, 0.1) is 12.0 Å². The number of aromatic nitrogens is 1. The monoisotopic (exact) mass is 359 g/mol. The van der Waals surface area contributed by atoms with Gasteiger partial charge in [0.2, 0.25) is 0 Å². The molecule has 3 aromatic heterocycles. The van der Waals surface area contributed by atoms with E-state index in [2.05, 4.69) is 46.7 Å². The molecular formula is C22H33NO3. The van der Waals surface area contributed by atoms with Crippen LogP contribution in [0.5, 0.6) is 0 Å². The Morgan fingerprint density at radius 3 is 1.65 bits per heavy atom. The Labute approximate surface area is 157 Å². The molecule has 0 aliphatic heterocycles. The Morgan fingerprint density at radius 2 is 1.42 bits per heavy atom. The van der Waals surface area contributed by atoms with Gasteiger partial charge >= 0.3 is 0 Å². The van der Waals surface area contributed by atoms with Crippen LogP contribution < -0.4 is 0 Å². The van der Waals surface area contributed by atoms with Crippen LogP contribution in [0, 0.1) is 13.8 Å². The summed E-state index contributed by atoms with van der Waals surface area (Å²) in [6.45, 7) is 16.5. The maximum Gasteiger partial charge on any atom is 0.133 e. The van der Waals surface area contributed by atoms with E-state index in [-0.39, 0.29) is 0 Å².